The second kappa shape index (κ2) is 6.16. The zero-order valence-electron chi connectivity index (χ0n) is 10.6. The van der Waals surface area contributed by atoms with Gasteiger partial charge < -0.3 is 4.74 Å². The fourth-order valence-electron chi connectivity index (χ4n) is 1.92. The maximum Gasteiger partial charge on any atom is 0.310 e. The smallest absolute Gasteiger partial charge is 0.310 e. The Morgan fingerprint density at radius 1 is 1.61 bits per heavy atom. The molecule has 102 valence electrons. The fraction of sp³-hybridized carbons (Fsp3) is 0.818. The van der Waals surface area contributed by atoms with Gasteiger partial charge in [-0.1, -0.05) is 0 Å². The zero-order valence-corrected chi connectivity index (χ0v) is 11.4. The summed E-state index contributed by atoms with van der Waals surface area (Å²) in [7, 11) is -3.63. The third-order valence-electron chi connectivity index (χ3n) is 2.99. The standard InChI is InChI=1S/C11H18N2O4S/c1-3-17-11(14)10-5-4-6-13(8-10)18(15,16)9(2)7-12/h9-10H,3-6,8H2,1-2H3. The van der Waals surface area contributed by atoms with E-state index in [1.54, 1.807) is 13.0 Å². The van der Waals surface area contributed by atoms with Crippen LogP contribution < -0.4 is 0 Å². The van der Waals surface area contributed by atoms with Gasteiger partial charge in [-0.15, -0.1) is 0 Å². The Labute approximate surface area is 108 Å². The minimum atomic E-state index is -3.63. The molecule has 1 rings (SSSR count). The molecule has 0 aromatic heterocycles. The minimum absolute atomic E-state index is 0.118. The molecule has 0 aromatic rings. The summed E-state index contributed by atoms with van der Waals surface area (Å²) >= 11 is 0. The minimum Gasteiger partial charge on any atom is -0.466 e. The summed E-state index contributed by atoms with van der Waals surface area (Å²) in [5.41, 5.74) is 0. The highest BCUT2D eigenvalue weighted by atomic mass is 32.2. The second-order valence-corrected chi connectivity index (χ2v) is 6.52. The largest absolute Gasteiger partial charge is 0.466 e. The lowest BCUT2D eigenvalue weighted by molar-refractivity contribution is -0.149. The van der Waals surface area contributed by atoms with E-state index in [-0.39, 0.29) is 19.1 Å². The summed E-state index contributed by atoms with van der Waals surface area (Å²) in [5.74, 6) is -0.777. The molecule has 6 nitrogen and oxygen atoms in total. The van der Waals surface area contributed by atoms with Gasteiger partial charge in [0.25, 0.3) is 0 Å². The predicted molar refractivity (Wildman–Crippen MR) is 64.9 cm³/mol. The van der Waals surface area contributed by atoms with Gasteiger partial charge in [0.2, 0.25) is 10.0 Å². The van der Waals surface area contributed by atoms with E-state index < -0.39 is 21.2 Å². The summed E-state index contributed by atoms with van der Waals surface area (Å²) in [6.45, 7) is 3.84. The topological polar surface area (TPSA) is 87.5 Å². The lowest BCUT2D eigenvalue weighted by Gasteiger charge is -2.31. The van der Waals surface area contributed by atoms with Crippen LogP contribution in [-0.2, 0) is 19.6 Å². The van der Waals surface area contributed by atoms with Crippen molar-refractivity contribution in [3.63, 3.8) is 0 Å². The molecule has 1 aliphatic heterocycles. The summed E-state index contributed by atoms with van der Waals surface area (Å²) in [5, 5.41) is 7.63. The summed E-state index contributed by atoms with van der Waals surface area (Å²) in [6.07, 6.45) is 1.24. The lowest BCUT2D eigenvalue weighted by atomic mass is 10.0. The van der Waals surface area contributed by atoms with Gasteiger partial charge in [0.05, 0.1) is 18.6 Å². The first-order chi connectivity index (χ1) is 8.43. The molecule has 2 unspecified atom stereocenters. The predicted octanol–water partition coefficient (Wildman–Crippen LogP) is 0.503. The van der Waals surface area contributed by atoms with E-state index in [0.717, 1.165) is 0 Å². The van der Waals surface area contributed by atoms with E-state index in [0.29, 0.717) is 19.4 Å². The molecule has 1 saturated heterocycles. The third kappa shape index (κ3) is 3.21. The second-order valence-electron chi connectivity index (χ2n) is 4.27. The third-order valence-corrected chi connectivity index (χ3v) is 5.04. The average molecular weight is 274 g/mol. The van der Waals surface area contributed by atoms with Gasteiger partial charge in [-0.3, -0.25) is 4.79 Å². The van der Waals surface area contributed by atoms with Crippen molar-refractivity contribution in [1.82, 2.24) is 4.31 Å². The van der Waals surface area contributed by atoms with E-state index in [1.165, 1.54) is 11.2 Å². The molecule has 0 N–H and O–H groups in total. The molecule has 1 aliphatic rings. The van der Waals surface area contributed by atoms with Crippen LogP contribution in [0.4, 0.5) is 0 Å². The number of carbonyl (C=O) groups is 1. The Morgan fingerprint density at radius 2 is 2.28 bits per heavy atom. The van der Waals surface area contributed by atoms with Crippen molar-refractivity contribution in [2.45, 2.75) is 31.9 Å². The van der Waals surface area contributed by atoms with Crippen LogP contribution in [0.3, 0.4) is 0 Å². The van der Waals surface area contributed by atoms with Crippen LogP contribution in [0, 0.1) is 17.2 Å². The van der Waals surface area contributed by atoms with Gasteiger partial charge in [0.1, 0.15) is 0 Å². The quantitative estimate of drug-likeness (QED) is 0.697. The number of nitriles is 1. The van der Waals surface area contributed by atoms with E-state index in [9.17, 15) is 13.2 Å². The molecule has 1 heterocycles. The fourth-order valence-corrected chi connectivity index (χ4v) is 3.27. The summed E-state index contributed by atoms with van der Waals surface area (Å²) in [6, 6.07) is 1.73. The molecule has 0 spiro atoms. The monoisotopic (exact) mass is 274 g/mol. The van der Waals surface area contributed by atoms with Crippen LogP contribution in [0.1, 0.15) is 26.7 Å². The Balaban J connectivity index is 2.76. The van der Waals surface area contributed by atoms with Crippen LogP contribution >= 0.6 is 0 Å². The van der Waals surface area contributed by atoms with Crippen LogP contribution in [0.15, 0.2) is 0 Å². The average Bonchev–Trinajstić information content (AvgIpc) is 2.38. The van der Waals surface area contributed by atoms with Crippen LogP contribution in [-0.4, -0.2) is 43.6 Å². The molecule has 0 bridgehead atoms. The molecule has 0 radical (unpaired) electrons. The van der Waals surface area contributed by atoms with Crippen molar-refractivity contribution in [3.05, 3.63) is 0 Å². The van der Waals surface area contributed by atoms with Crippen molar-refractivity contribution >= 4 is 16.0 Å². The zero-order chi connectivity index (χ0) is 13.8. The first-order valence-corrected chi connectivity index (χ1v) is 7.49. The van der Waals surface area contributed by atoms with Crippen LogP contribution in [0.25, 0.3) is 0 Å². The first-order valence-electron chi connectivity index (χ1n) is 5.98. The number of sulfonamides is 1. The number of piperidine rings is 1. The number of nitrogens with zero attached hydrogens (tertiary/aromatic N) is 2. The van der Waals surface area contributed by atoms with Crippen molar-refractivity contribution < 1.29 is 17.9 Å². The Morgan fingerprint density at radius 3 is 2.83 bits per heavy atom. The van der Waals surface area contributed by atoms with Gasteiger partial charge in [0.15, 0.2) is 5.25 Å². The molecule has 2 atom stereocenters. The van der Waals surface area contributed by atoms with Crippen molar-refractivity contribution in [2.75, 3.05) is 19.7 Å². The van der Waals surface area contributed by atoms with E-state index >= 15 is 0 Å². The number of hydrogen-bond acceptors (Lipinski definition) is 5. The highest BCUT2D eigenvalue weighted by Crippen LogP contribution is 2.22. The van der Waals surface area contributed by atoms with Gasteiger partial charge in [-0.05, 0) is 26.7 Å². The van der Waals surface area contributed by atoms with Gasteiger partial charge in [0, 0.05) is 13.1 Å². The lowest BCUT2D eigenvalue weighted by Crippen LogP contribution is -2.45. The van der Waals surface area contributed by atoms with Gasteiger partial charge in [-0.25, -0.2) is 8.42 Å². The number of carbonyl (C=O) groups excluding carboxylic acids is 1. The van der Waals surface area contributed by atoms with Gasteiger partial charge >= 0.3 is 5.97 Å². The normalized spacial score (nSPS) is 23.1. The Bertz CT molecular complexity index is 440. The molecular weight excluding hydrogens is 256 g/mol. The molecule has 1 fully saturated rings. The highest BCUT2D eigenvalue weighted by molar-refractivity contribution is 7.89. The molecule has 7 heteroatoms. The molecule has 0 aromatic carbocycles. The maximum absolute atomic E-state index is 12.0. The van der Waals surface area contributed by atoms with E-state index in [2.05, 4.69) is 0 Å². The van der Waals surface area contributed by atoms with Crippen LogP contribution in [0.5, 0.6) is 0 Å². The highest BCUT2D eigenvalue weighted by Gasteiger charge is 2.35. The summed E-state index contributed by atoms with van der Waals surface area (Å²) < 4.78 is 30.1. The van der Waals surface area contributed by atoms with Crippen LogP contribution in [0.2, 0.25) is 0 Å². The number of hydrogen-bond donors (Lipinski definition) is 0. The van der Waals surface area contributed by atoms with E-state index in [4.69, 9.17) is 10.00 Å². The summed E-state index contributed by atoms with van der Waals surface area (Å²) in [4.78, 5) is 11.6. The maximum atomic E-state index is 12.0. The Kier molecular flexibility index (Phi) is 5.11. The number of ether oxygens (including phenoxy) is 1. The van der Waals surface area contributed by atoms with Crippen molar-refractivity contribution in [3.8, 4) is 6.07 Å². The molecule has 18 heavy (non-hydrogen) atoms. The molecule has 0 saturated carbocycles. The molecular formula is C11H18N2O4S. The molecule has 0 aliphatic carbocycles. The number of esters is 1. The van der Waals surface area contributed by atoms with Crippen molar-refractivity contribution in [1.29, 1.82) is 5.26 Å². The first kappa shape index (κ1) is 14.9. The van der Waals surface area contributed by atoms with Gasteiger partial charge in [-0.2, -0.15) is 9.57 Å². The SMILES string of the molecule is CCOC(=O)C1CCCN(S(=O)(=O)C(C)C#N)C1. The number of rotatable bonds is 4. The van der Waals surface area contributed by atoms with Crippen molar-refractivity contribution in [2.24, 2.45) is 5.92 Å². The Hall–Kier alpha value is -1.13. The van der Waals surface area contributed by atoms with E-state index in [1.807, 2.05) is 0 Å². The molecule has 0 amide bonds.